The van der Waals surface area contributed by atoms with Gasteiger partial charge in [0.2, 0.25) is 0 Å². The zero-order chi connectivity index (χ0) is 35.3. The number of carbonyl (C=O) groups excluding carboxylic acids is 3. The number of benzene rings is 2. The van der Waals surface area contributed by atoms with Gasteiger partial charge in [-0.25, -0.2) is 9.59 Å². The van der Waals surface area contributed by atoms with Gasteiger partial charge in [-0.3, -0.25) is 4.79 Å². The molecule has 2 rings (SSSR count). The number of alkyl carbamates (subject to hydrolysis) is 1. The van der Waals surface area contributed by atoms with E-state index >= 15 is 0 Å². The van der Waals surface area contributed by atoms with Crippen LogP contribution in [0.3, 0.4) is 0 Å². The van der Waals surface area contributed by atoms with E-state index in [1.54, 1.807) is 27.7 Å². The van der Waals surface area contributed by atoms with E-state index in [4.69, 9.17) is 23.4 Å². The quantitative estimate of drug-likeness (QED) is 0.102. The van der Waals surface area contributed by atoms with Gasteiger partial charge in [0.25, 0.3) is 0 Å². The fourth-order valence-corrected chi connectivity index (χ4v) is 5.80. The molecule has 0 radical (unpaired) electrons. The van der Waals surface area contributed by atoms with E-state index < -0.39 is 56.1 Å². The van der Waals surface area contributed by atoms with Crippen molar-refractivity contribution in [1.82, 2.24) is 5.32 Å². The number of nitrogens with one attached hydrogen (secondary N) is 1. The molecule has 0 spiro atoms. The van der Waals surface area contributed by atoms with Crippen LogP contribution in [0.2, 0.25) is 18.1 Å². The molecule has 262 valence electrons. The molecule has 0 saturated heterocycles. The van der Waals surface area contributed by atoms with Gasteiger partial charge in [-0.2, -0.15) is 0 Å². The highest BCUT2D eigenvalue weighted by Crippen LogP contribution is 2.39. The Morgan fingerprint density at radius 2 is 1.36 bits per heavy atom. The van der Waals surface area contributed by atoms with Crippen LogP contribution in [0.15, 0.2) is 60.7 Å². The normalized spacial score (nSPS) is 14.8. The summed E-state index contributed by atoms with van der Waals surface area (Å²) in [6, 6.07) is 17.9. The number of ether oxygens (including phenoxy) is 4. The minimum absolute atomic E-state index is 0.132. The minimum atomic E-state index is -2.44. The largest absolute Gasteiger partial charge is 0.461 e. The van der Waals surface area contributed by atoms with Crippen molar-refractivity contribution in [3.8, 4) is 0 Å². The first-order valence-electron chi connectivity index (χ1n) is 16.6. The van der Waals surface area contributed by atoms with Gasteiger partial charge in [-0.1, -0.05) is 101 Å². The van der Waals surface area contributed by atoms with Gasteiger partial charge >= 0.3 is 18.0 Å². The highest BCUT2D eigenvalue weighted by Gasteiger charge is 2.43. The van der Waals surface area contributed by atoms with Gasteiger partial charge in [-0.15, -0.1) is 0 Å². The van der Waals surface area contributed by atoms with Gasteiger partial charge in [0, 0.05) is 0 Å². The fraction of sp³-hybridized carbons (Fsp3) is 0.595. The molecule has 0 heterocycles. The Labute approximate surface area is 283 Å². The standard InChI is InChI=1S/C37H57NO8Si/c1-11-12-23-30(33(39)43-25-29-21-17-14-18-22-29)31(46-47(9,10)37(6,7)8)26-44-34(40)32(38-35(41)45-36(3,4)5)27(2)42-24-28-19-15-13-16-20-28/h13-22,27,30-32H,11-12,23-26H2,1-10H3,(H,38,41)/t27-,30-,31+,32+/m1/s1. The summed E-state index contributed by atoms with van der Waals surface area (Å²) >= 11 is 0. The summed E-state index contributed by atoms with van der Waals surface area (Å²) in [7, 11) is -2.44. The number of amides is 1. The molecule has 47 heavy (non-hydrogen) atoms. The van der Waals surface area contributed by atoms with E-state index in [1.165, 1.54) is 0 Å². The van der Waals surface area contributed by atoms with Crippen LogP contribution in [0.4, 0.5) is 4.79 Å². The summed E-state index contributed by atoms with van der Waals surface area (Å²) in [6.07, 6.45) is -0.137. The molecule has 0 bridgehead atoms. The lowest BCUT2D eigenvalue weighted by Crippen LogP contribution is -2.52. The highest BCUT2D eigenvalue weighted by molar-refractivity contribution is 6.74. The molecule has 2 aromatic rings. The number of carbonyl (C=O) groups is 3. The molecule has 1 amide bonds. The smallest absolute Gasteiger partial charge is 0.408 e. The van der Waals surface area contributed by atoms with Crippen molar-refractivity contribution in [3.05, 3.63) is 71.8 Å². The second kappa shape index (κ2) is 18.4. The van der Waals surface area contributed by atoms with Crippen LogP contribution >= 0.6 is 0 Å². The van der Waals surface area contributed by atoms with E-state index in [2.05, 4.69) is 46.1 Å². The Balaban J connectivity index is 2.33. The van der Waals surface area contributed by atoms with Crippen LogP contribution in [0.25, 0.3) is 0 Å². The average Bonchev–Trinajstić information content (AvgIpc) is 2.99. The Morgan fingerprint density at radius 3 is 1.87 bits per heavy atom. The fourth-order valence-electron chi connectivity index (χ4n) is 4.46. The number of rotatable bonds is 17. The molecular weight excluding hydrogens is 614 g/mol. The highest BCUT2D eigenvalue weighted by atomic mass is 28.4. The Kier molecular flexibility index (Phi) is 15.6. The third kappa shape index (κ3) is 14.2. The topological polar surface area (TPSA) is 109 Å². The van der Waals surface area contributed by atoms with Crippen molar-refractivity contribution in [1.29, 1.82) is 0 Å². The summed E-state index contributed by atoms with van der Waals surface area (Å²) in [4.78, 5) is 40.2. The van der Waals surface area contributed by atoms with Crippen LogP contribution < -0.4 is 5.32 Å². The maximum absolute atomic E-state index is 13.7. The van der Waals surface area contributed by atoms with Gasteiger partial charge in [0.15, 0.2) is 14.4 Å². The SMILES string of the molecule is CCCC[C@@H](C(=O)OCc1ccccc1)[C@H](COC(=O)[C@@H](NC(=O)OC(C)(C)C)[C@@H](C)OCc1ccccc1)O[Si](C)(C)C(C)(C)C. The Hall–Kier alpha value is -3.21. The van der Waals surface area contributed by atoms with Crippen molar-refractivity contribution in [2.75, 3.05) is 6.61 Å². The summed E-state index contributed by atoms with van der Waals surface area (Å²) in [6.45, 7) is 19.7. The maximum atomic E-state index is 13.7. The lowest BCUT2D eigenvalue weighted by molar-refractivity contribution is -0.162. The first kappa shape index (κ1) is 40.0. The second-order valence-electron chi connectivity index (χ2n) is 14.5. The summed E-state index contributed by atoms with van der Waals surface area (Å²) in [5.74, 6) is -1.78. The zero-order valence-corrected chi connectivity index (χ0v) is 31.1. The summed E-state index contributed by atoms with van der Waals surface area (Å²) in [5.41, 5.74) is 1.02. The number of unbranched alkanes of at least 4 members (excludes halogenated alkanes) is 1. The van der Waals surface area contributed by atoms with Gasteiger partial charge in [0.05, 0.1) is 24.7 Å². The molecule has 9 nitrogen and oxygen atoms in total. The molecule has 4 atom stereocenters. The number of esters is 2. The summed E-state index contributed by atoms with van der Waals surface area (Å²) < 4.78 is 30.0. The maximum Gasteiger partial charge on any atom is 0.408 e. The molecule has 0 aliphatic heterocycles. The predicted molar refractivity (Wildman–Crippen MR) is 186 cm³/mol. The second-order valence-corrected chi connectivity index (χ2v) is 19.3. The van der Waals surface area contributed by atoms with E-state index in [9.17, 15) is 14.4 Å². The lowest BCUT2D eigenvalue weighted by atomic mass is 9.96. The van der Waals surface area contributed by atoms with E-state index in [1.807, 2.05) is 60.7 Å². The molecule has 10 heteroatoms. The van der Waals surface area contributed by atoms with E-state index in [-0.39, 0.29) is 24.9 Å². The Morgan fingerprint density at radius 1 is 0.809 bits per heavy atom. The van der Waals surface area contributed by atoms with Crippen LogP contribution in [0, 0.1) is 5.92 Å². The van der Waals surface area contributed by atoms with Crippen molar-refractivity contribution >= 4 is 26.3 Å². The third-order valence-electron chi connectivity index (χ3n) is 8.24. The third-order valence-corrected chi connectivity index (χ3v) is 12.7. The van der Waals surface area contributed by atoms with Gasteiger partial charge < -0.3 is 28.7 Å². The number of hydrogen-bond donors (Lipinski definition) is 1. The van der Waals surface area contributed by atoms with Crippen LogP contribution in [0.1, 0.15) is 85.8 Å². The van der Waals surface area contributed by atoms with Crippen LogP contribution in [-0.4, -0.2) is 56.8 Å². The van der Waals surface area contributed by atoms with E-state index in [0.29, 0.717) is 6.42 Å². The number of hydrogen-bond acceptors (Lipinski definition) is 8. The first-order valence-corrected chi connectivity index (χ1v) is 19.5. The summed E-state index contributed by atoms with van der Waals surface area (Å²) in [5, 5.41) is 2.48. The lowest BCUT2D eigenvalue weighted by Gasteiger charge is -2.41. The van der Waals surface area contributed by atoms with Crippen molar-refractivity contribution in [3.63, 3.8) is 0 Å². The van der Waals surface area contributed by atoms with Crippen molar-refractivity contribution < 1.29 is 37.8 Å². The molecule has 0 aliphatic rings. The molecule has 0 saturated carbocycles. The molecule has 0 unspecified atom stereocenters. The van der Waals surface area contributed by atoms with Crippen LogP contribution in [-0.2, 0) is 46.2 Å². The predicted octanol–water partition coefficient (Wildman–Crippen LogP) is 7.97. The molecule has 0 fully saturated rings. The molecule has 2 aromatic carbocycles. The first-order chi connectivity index (χ1) is 21.9. The monoisotopic (exact) mass is 671 g/mol. The van der Waals surface area contributed by atoms with Crippen LogP contribution in [0.5, 0.6) is 0 Å². The molecule has 1 N–H and O–H groups in total. The van der Waals surface area contributed by atoms with E-state index in [0.717, 1.165) is 24.0 Å². The Bertz CT molecular complexity index is 1240. The van der Waals surface area contributed by atoms with Gasteiger partial charge in [-0.05, 0) is 63.4 Å². The molecule has 0 aliphatic carbocycles. The van der Waals surface area contributed by atoms with Crippen molar-refractivity contribution in [2.45, 2.75) is 130 Å². The molecule has 0 aromatic heterocycles. The molecular formula is C37H57NO8Si. The van der Waals surface area contributed by atoms with Crippen molar-refractivity contribution in [2.24, 2.45) is 5.92 Å². The average molecular weight is 672 g/mol. The zero-order valence-electron chi connectivity index (χ0n) is 30.1. The minimum Gasteiger partial charge on any atom is -0.461 e. The van der Waals surface area contributed by atoms with Gasteiger partial charge in [0.1, 0.15) is 18.8 Å².